The maximum atomic E-state index is 11.9. The molecule has 1 N–H and O–H groups in total. The monoisotopic (exact) mass is 444 g/mol. The van der Waals surface area contributed by atoms with Crippen LogP contribution < -0.4 is 4.74 Å². The first-order valence-corrected chi connectivity index (χ1v) is 12.0. The minimum Gasteiger partial charge on any atom is -0.497 e. The number of benzene rings is 1. The third kappa shape index (κ3) is 3.94. The summed E-state index contributed by atoms with van der Waals surface area (Å²) in [5.41, 5.74) is 5.26. The number of rotatable bonds is 6. The van der Waals surface area contributed by atoms with E-state index in [2.05, 4.69) is 48.6 Å². The van der Waals surface area contributed by atoms with Crippen molar-refractivity contribution in [2.45, 2.75) is 45.4 Å². The molecule has 2 unspecified atom stereocenters. The van der Waals surface area contributed by atoms with Crippen LogP contribution in [-0.4, -0.2) is 45.8 Å². The van der Waals surface area contributed by atoms with Gasteiger partial charge >= 0.3 is 0 Å². The first kappa shape index (κ1) is 22.1. The van der Waals surface area contributed by atoms with E-state index in [1.54, 1.807) is 7.11 Å². The predicted molar refractivity (Wildman–Crippen MR) is 131 cm³/mol. The van der Waals surface area contributed by atoms with Crippen molar-refractivity contribution < 1.29 is 14.3 Å². The lowest BCUT2D eigenvalue weighted by Crippen LogP contribution is -2.67. The van der Waals surface area contributed by atoms with E-state index in [9.17, 15) is 5.11 Å². The third-order valence-electron chi connectivity index (χ3n) is 7.98. The van der Waals surface area contributed by atoms with E-state index < -0.39 is 6.10 Å². The van der Waals surface area contributed by atoms with E-state index >= 15 is 0 Å². The van der Waals surface area contributed by atoms with Gasteiger partial charge in [0.15, 0.2) is 0 Å². The van der Waals surface area contributed by atoms with Crippen molar-refractivity contribution >= 4 is 10.9 Å². The van der Waals surface area contributed by atoms with Crippen LogP contribution in [0.2, 0.25) is 0 Å². The molecule has 1 aromatic carbocycles. The number of ether oxygens (including phenoxy) is 1. The molecule has 0 spiro atoms. The standard InChI is InChI=1S/C28H34N3O2/c1-5-21-17-31(16-20-12-18(2)30-19(3)13-20)11-9-22(21)14-27(31)28(32)24-8-10-29-26-7-6-23(33-4)15-25(24)26/h5-8,10,12-13,15,21-22,27-28,32H,1,9,11,14,16-17H2,2-4H3/q+1/t21-,22-,27-,28?,31?/m0/s1. The summed E-state index contributed by atoms with van der Waals surface area (Å²) in [6.07, 6.45) is 5.59. The quantitative estimate of drug-likeness (QED) is 0.434. The van der Waals surface area contributed by atoms with Crippen molar-refractivity contribution in [3.8, 4) is 5.75 Å². The summed E-state index contributed by atoms with van der Waals surface area (Å²) in [6.45, 7) is 11.3. The molecule has 0 radical (unpaired) electrons. The minimum absolute atomic E-state index is 0.130. The van der Waals surface area contributed by atoms with Gasteiger partial charge in [-0.05, 0) is 61.7 Å². The molecule has 3 aromatic rings. The number of quaternary nitrogens is 1. The highest BCUT2D eigenvalue weighted by atomic mass is 16.5. The molecular weight excluding hydrogens is 410 g/mol. The highest BCUT2D eigenvalue weighted by Gasteiger charge is 2.54. The van der Waals surface area contributed by atoms with Crippen molar-refractivity contribution in [1.29, 1.82) is 0 Å². The Kier molecular flexibility index (Phi) is 5.71. The molecule has 3 fully saturated rings. The van der Waals surface area contributed by atoms with Gasteiger partial charge in [0.25, 0.3) is 0 Å². The molecule has 5 nitrogen and oxygen atoms in total. The van der Waals surface area contributed by atoms with Gasteiger partial charge in [0.2, 0.25) is 0 Å². The van der Waals surface area contributed by atoms with Crippen LogP contribution in [0.3, 0.4) is 0 Å². The summed E-state index contributed by atoms with van der Waals surface area (Å²) in [5.74, 6) is 1.87. The number of hydrogen-bond donors (Lipinski definition) is 1. The molecule has 5 heterocycles. The molecule has 2 bridgehead atoms. The van der Waals surface area contributed by atoms with Crippen LogP contribution in [0.5, 0.6) is 5.75 Å². The van der Waals surface area contributed by atoms with E-state index in [0.717, 1.165) is 64.1 Å². The van der Waals surface area contributed by atoms with Gasteiger partial charge in [0.05, 0.1) is 25.7 Å². The molecule has 0 amide bonds. The fourth-order valence-electron chi connectivity index (χ4n) is 6.50. The Labute approximate surface area is 196 Å². The van der Waals surface area contributed by atoms with Crippen LogP contribution >= 0.6 is 0 Å². The normalized spacial score (nSPS) is 27.5. The highest BCUT2D eigenvalue weighted by Crippen LogP contribution is 2.48. The van der Waals surface area contributed by atoms with Gasteiger partial charge in [0, 0.05) is 47.3 Å². The summed E-state index contributed by atoms with van der Waals surface area (Å²) >= 11 is 0. The van der Waals surface area contributed by atoms with Gasteiger partial charge in [0.1, 0.15) is 24.4 Å². The van der Waals surface area contributed by atoms with Crippen LogP contribution in [-0.2, 0) is 6.54 Å². The first-order chi connectivity index (χ1) is 15.9. The number of piperidine rings is 3. The van der Waals surface area contributed by atoms with Gasteiger partial charge in [-0.3, -0.25) is 9.97 Å². The summed E-state index contributed by atoms with van der Waals surface area (Å²) in [7, 11) is 1.67. The zero-order chi connectivity index (χ0) is 23.2. The molecule has 2 aromatic heterocycles. The Hall–Kier alpha value is -2.76. The number of nitrogens with zero attached hydrogens (tertiary/aromatic N) is 3. The topological polar surface area (TPSA) is 55.2 Å². The second kappa shape index (κ2) is 8.54. The van der Waals surface area contributed by atoms with E-state index in [1.807, 2.05) is 30.5 Å². The number of fused-ring (bicyclic) bond motifs is 4. The van der Waals surface area contributed by atoms with Crippen molar-refractivity contribution in [1.82, 2.24) is 9.97 Å². The van der Waals surface area contributed by atoms with Crippen molar-refractivity contribution in [3.05, 3.63) is 77.8 Å². The molecule has 172 valence electrons. The molecule has 5 atom stereocenters. The van der Waals surface area contributed by atoms with E-state index in [0.29, 0.717) is 11.8 Å². The highest BCUT2D eigenvalue weighted by molar-refractivity contribution is 5.83. The average Bonchev–Trinajstić information content (AvgIpc) is 2.82. The van der Waals surface area contributed by atoms with Gasteiger partial charge in [-0.15, -0.1) is 6.58 Å². The van der Waals surface area contributed by atoms with Crippen molar-refractivity contribution in [3.63, 3.8) is 0 Å². The molecule has 0 aliphatic carbocycles. The zero-order valence-electron chi connectivity index (χ0n) is 19.9. The zero-order valence-corrected chi connectivity index (χ0v) is 19.9. The van der Waals surface area contributed by atoms with Crippen LogP contribution in [0.25, 0.3) is 10.9 Å². The van der Waals surface area contributed by atoms with Crippen molar-refractivity contribution in [2.75, 3.05) is 20.2 Å². The number of aryl methyl sites for hydroxylation is 2. The molecule has 0 saturated carbocycles. The maximum Gasteiger partial charge on any atom is 0.131 e. The van der Waals surface area contributed by atoms with Gasteiger partial charge in [-0.25, -0.2) is 0 Å². The Morgan fingerprint density at radius 1 is 1.21 bits per heavy atom. The predicted octanol–water partition coefficient (Wildman–Crippen LogP) is 4.90. The number of aliphatic hydroxyl groups excluding tert-OH is 1. The lowest BCUT2D eigenvalue weighted by molar-refractivity contribution is -0.984. The SMILES string of the molecule is C=C[C@H]1C[N+]2(Cc3cc(C)nc(C)c3)CC[C@H]1C[C@H]2C(O)c1ccnc2ccc(OC)cc12. The van der Waals surface area contributed by atoms with Gasteiger partial charge < -0.3 is 14.3 Å². The summed E-state index contributed by atoms with van der Waals surface area (Å²) in [5, 5.41) is 12.9. The van der Waals surface area contributed by atoms with E-state index in [4.69, 9.17) is 4.74 Å². The molecule has 3 saturated heterocycles. The van der Waals surface area contributed by atoms with Crippen LogP contribution in [0.15, 0.2) is 55.3 Å². The van der Waals surface area contributed by atoms with E-state index in [-0.39, 0.29) is 6.04 Å². The lowest BCUT2D eigenvalue weighted by atomic mass is 9.71. The Balaban J connectivity index is 1.57. The largest absolute Gasteiger partial charge is 0.497 e. The Morgan fingerprint density at radius 2 is 2.00 bits per heavy atom. The number of hydrogen-bond acceptors (Lipinski definition) is 4. The second-order valence-corrected chi connectivity index (χ2v) is 10.0. The number of pyridine rings is 2. The minimum atomic E-state index is -0.569. The summed E-state index contributed by atoms with van der Waals surface area (Å²) in [4.78, 5) is 9.11. The molecular formula is C28H34N3O2+. The molecule has 5 heteroatoms. The summed E-state index contributed by atoms with van der Waals surface area (Å²) in [6, 6.07) is 12.4. The van der Waals surface area contributed by atoms with Gasteiger partial charge in [-0.2, -0.15) is 0 Å². The maximum absolute atomic E-state index is 11.9. The molecule has 6 rings (SSSR count). The van der Waals surface area contributed by atoms with Crippen molar-refractivity contribution in [2.24, 2.45) is 11.8 Å². The lowest BCUT2D eigenvalue weighted by Gasteiger charge is -2.58. The first-order valence-electron chi connectivity index (χ1n) is 12.0. The van der Waals surface area contributed by atoms with Gasteiger partial charge in [-0.1, -0.05) is 6.08 Å². The Morgan fingerprint density at radius 3 is 2.73 bits per heavy atom. The number of aliphatic hydroxyl groups is 1. The second-order valence-electron chi connectivity index (χ2n) is 10.0. The average molecular weight is 445 g/mol. The van der Waals surface area contributed by atoms with Crippen LogP contribution in [0.1, 0.15) is 41.5 Å². The fraction of sp³-hybridized carbons (Fsp3) is 0.429. The molecule has 3 aliphatic heterocycles. The summed E-state index contributed by atoms with van der Waals surface area (Å²) < 4.78 is 6.37. The smallest absolute Gasteiger partial charge is 0.131 e. The molecule has 33 heavy (non-hydrogen) atoms. The Bertz CT molecular complexity index is 1170. The fourth-order valence-corrected chi connectivity index (χ4v) is 6.50. The molecule has 3 aliphatic rings. The van der Waals surface area contributed by atoms with E-state index in [1.165, 1.54) is 12.0 Å². The third-order valence-corrected chi connectivity index (χ3v) is 7.98. The van der Waals surface area contributed by atoms with Crippen LogP contribution in [0, 0.1) is 25.7 Å². The van der Waals surface area contributed by atoms with Crippen LogP contribution in [0.4, 0.5) is 0 Å². The number of aromatic nitrogens is 2. The number of methoxy groups -OCH3 is 1.